The Morgan fingerprint density at radius 3 is 2.54 bits per heavy atom. The number of hydrogen-bond acceptors (Lipinski definition) is 5. The summed E-state index contributed by atoms with van der Waals surface area (Å²) in [5.41, 5.74) is 3.47. The van der Waals surface area contributed by atoms with E-state index in [1.54, 1.807) is 37.6 Å². The average Bonchev–Trinajstić information content (AvgIpc) is 3.29. The topological polar surface area (TPSA) is 75.9 Å². The summed E-state index contributed by atoms with van der Waals surface area (Å²) >= 11 is 0. The van der Waals surface area contributed by atoms with E-state index in [2.05, 4.69) is 25.2 Å². The molecule has 0 fully saturated rings. The zero-order chi connectivity index (χ0) is 24.6. The van der Waals surface area contributed by atoms with Gasteiger partial charge in [0.25, 0.3) is 5.91 Å². The summed E-state index contributed by atoms with van der Waals surface area (Å²) in [6.07, 6.45) is 4.23. The number of halogens is 3. The molecule has 0 aliphatic carbocycles. The summed E-state index contributed by atoms with van der Waals surface area (Å²) in [6.45, 7) is 3.12. The molecule has 0 radical (unpaired) electrons. The first-order valence-electron chi connectivity index (χ1n) is 10.9. The number of carbonyl (C=O) groups is 1. The van der Waals surface area contributed by atoms with Crippen molar-refractivity contribution in [2.24, 2.45) is 0 Å². The number of aromatic nitrogens is 4. The molecule has 3 heterocycles. The highest BCUT2D eigenvalue weighted by Gasteiger charge is 2.31. The highest BCUT2D eigenvalue weighted by Crippen LogP contribution is 2.33. The first kappa shape index (κ1) is 22.6. The van der Waals surface area contributed by atoms with Crippen LogP contribution in [0, 0.1) is 6.92 Å². The van der Waals surface area contributed by atoms with Gasteiger partial charge in [-0.2, -0.15) is 13.2 Å². The Labute approximate surface area is 199 Å². The molecule has 10 heteroatoms. The lowest BCUT2D eigenvalue weighted by molar-refractivity contribution is -0.137. The van der Waals surface area contributed by atoms with Crippen LogP contribution in [0.3, 0.4) is 0 Å². The van der Waals surface area contributed by atoms with E-state index < -0.39 is 17.6 Å². The molecule has 0 unspecified atom stereocenters. The van der Waals surface area contributed by atoms with Gasteiger partial charge in [0.05, 0.1) is 35.7 Å². The molecule has 0 bridgehead atoms. The van der Waals surface area contributed by atoms with Gasteiger partial charge in [-0.25, -0.2) is 15.0 Å². The molecule has 1 amide bonds. The van der Waals surface area contributed by atoms with E-state index in [0.717, 1.165) is 41.9 Å². The minimum atomic E-state index is -4.57. The molecule has 0 saturated carbocycles. The molecular weight excluding hydrogens is 457 g/mol. The third kappa shape index (κ3) is 4.86. The predicted octanol–water partition coefficient (Wildman–Crippen LogP) is 4.80. The van der Waals surface area contributed by atoms with Gasteiger partial charge in [0.2, 0.25) is 0 Å². The van der Waals surface area contributed by atoms with Crippen molar-refractivity contribution >= 4 is 17.3 Å². The zero-order valence-corrected chi connectivity index (χ0v) is 18.8. The fraction of sp³-hybridized carbons (Fsp3) is 0.200. The second kappa shape index (κ2) is 8.86. The zero-order valence-electron chi connectivity index (χ0n) is 18.8. The molecule has 7 nitrogen and oxygen atoms in total. The lowest BCUT2D eigenvalue weighted by atomic mass is 9.97. The monoisotopic (exact) mass is 478 g/mol. The van der Waals surface area contributed by atoms with E-state index in [-0.39, 0.29) is 11.4 Å². The summed E-state index contributed by atoms with van der Waals surface area (Å²) in [5.74, 6) is -0.486. The number of nitrogens with zero attached hydrogens (tertiary/aromatic N) is 5. The van der Waals surface area contributed by atoms with E-state index >= 15 is 0 Å². The van der Waals surface area contributed by atoms with Crippen LogP contribution in [-0.2, 0) is 19.1 Å². The van der Waals surface area contributed by atoms with Crippen molar-refractivity contribution in [3.05, 3.63) is 95.6 Å². The number of fused-ring (bicyclic) bond motifs is 1. The summed E-state index contributed by atoms with van der Waals surface area (Å²) in [4.78, 5) is 27.3. The molecule has 1 aliphatic heterocycles. The second-order valence-electron chi connectivity index (χ2n) is 8.39. The number of hydrogen-bond donors (Lipinski definition) is 1. The van der Waals surface area contributed by atoms with E-state index in [4.69, 9.17) is 0 Å². The first-order chi connectivity index (χ1) is 16.8. The van der Waals surface area contributed by atoms with Gasteiger partial charge in [-0.05, 0) is 54.8 Å². The number of imidazole rings is 1. The van der Waals surface area contributed by atoms with Gasteiger partial charge in [0, 0.05) is 36.2 Å². The number of amides is 1. The Morgan fingerprint density at radius 1 is 1.03 bits per heavy atom. The maximum Gasteiger partial charge on any atom is 0.416 e. The van der Waals surface area contributed by atoms with Crippen LogP contribution in [0.15, 0.2) is 67.6 Å². The van der Waals surface area contributed by atoms with Crippen molar-refractivity contribution in [2.75, 3.05) is 16.8 Å². The number of aryl methyl sites for hydroxylation is 1. The molecule has 4 aromatic rings. The molecule has 35 heavy (non-hydrogen) atoms. The van der Waals surface area contributed by atoms with Crippen molar-refractivity contribution in [3.8, 4) is 5.69 Å². The summed E-state index contributed by atoms with van der Waals surface area (Å²) < 4.78 is 42.1. The smallest absolute Gasteiger partial charge is 0.364 e. The minimum Gasteiger partial charge on any atom is -0.364 e. The van der Waals surface area contributed by atoms with Crippen LogP contribution in [-0.4, -0.2) is 32.0 Å². The Hall–Kier alpha value is -4.21. The van der Waals surface area contributed by atoms with E-state index in [0.29, 0.717) is 17.8 Å². The molecule has 1 aliphatic rings. The molecule has 2 aromatic heterocycles. The SMILES string of the molecule is Cc1cn(-c2cc(NC(=O)c3ccc4c(c3)CN(c3cncnc3)CC4)cc(C(F)(F)F)c2)cn1. The molecule has 0 spiro atoms. The van der Waals surface area contributed by atoms with Gasteiger partial charge in [-0.15, -0.1) is 0 Å². The fourth-order valence-corrected chi connectivity index (χ4v) is 4.14. The van der Waals surface area contributed by atoms with Crippen LogP contribution < -0.4 is 10.2 Å². The van der Waals surface area contributed by atoms with Crippen LogP contribution in [0.5, 0.6) is 0 Å². The van der Waals surface area contributed by atoms with Crippen molar-refractivity contribution < 1.29 is 18.0 Å². The molecule has 1 N–H and O–H groups in total. The van der Waals surface area contributed by atoms with Crippen LogP contribution in [0.4, 0.5) is 24.5 Å². The molecular formula is C25H21F3N6O. The van der Waals surface area contributed by atoms with Crippen LogP contribution in [0.2, 0.25) is 0 Å². The number of rotatable bonds is 4. The predicted molar refractivity (Wildman–Crippen MR) is 124 cm³/mol. The van der Waals surface area contributed by atoms with Crippen molar-refractivity contribution in [1.29, 1.82) is 0 Å². The third-order valence-electron chi connectivity index (χ3n) is 5.91. The third-order valence-corrected chi connectivity index (χ3v) is 5.91. The van der Waals surface area contributed by atoms with Gasteiger partial charge in [0.1, 0.15) is 6.33 Å². The number of nitrogens with one attached hydrogen (secondary N) is 1. The Kier molecular flexibility index (Phi) is 5.72. The molecule has 178 valence electrons. The number of anilines is 2. The highest BCUT2D eigenvalue weighted by molar-refractivity contribution is 6.04. The standard InChI is InChI=1S/C25H21F3N6O/c1-16-12-34(15-31-16)22-8-20(25(26,27)28)7-21(9-22)32-24(35)18-3-2-17-4-5-33(13-19(17)6-18)23-10-29-14-30-11-23/h2-3,6-12,14-15H,4-5,13H2,1H3,(H,32,35). The van der Waals surface area contributed by atoms with Gasteiger partial charge >= 0.3 is 6.18 Å². The maximum absolute atomic E-state index is 13.5. The van der Waals surface area contributed by atoms with Crippen LogP contribution in [0.1, 0.15) is 32.7 Å². The lowest BCUT2D eigenvalue weighted by Gasteiger charge is -2.30. The number of carbonyl (C=O) groups excluding carboxylic acids is 1. The van der Waals surface area contributed by atoms with E-state index in [1.807, 2.05) is 6.07 Å². The quantitative estimate of drug-likeness (QED) is 0.456. The molecule has 0 atom stereocenters. The Morgan fingerprint density at radius 2 is 1.83 bits per heavy atom. The van der Waals surface area contributed by atoms with E-state index in [1.165, 1.54) is 23.3 Å². The maximum atomic E-state index is 13.5. The van der Waals surface area contributed by atoms with Crippen molar-refractivity contribution in [2.45, 2.75) is 26.1 Å². The number of alkyl halides is 3. The van der Waals surface area contributed by atoms with E-state index in [9.17, 15) is 18.0 Å². The Balaban J connectivity index is 1.41. The number of benzene rings is 2. The molecule has 0 saturated heterocycles. The lowest BCUT2D eigenvalue weighted by Crippen LogP contribution is -2.30. The van der Waals surface area contributed by atoms with Gasteiger partial charge < -0.3 is 14.8 Å². The summed E-state index contributed by atoms with van der Waals surface area (Å²) in [6, 6.07) is 8.83. The molecule has 2 aromatic carbocycles. The minimum absolute atomic E-state index is 0.0481. The normalized spacial score (nSPS) is 13.4. The average molecular weight is 478 g/mol. The second-order valence-corrected chi connectivity index (χ2v) is 8.39. The van der Waals surface area contributed by atoms with Crippen molar-refractivity contribution in [1.82, 2.24) is 19.5 Å². The fourth-order valence-electron chi connectivity index (χ4n) is 4.14. The largest absolute Gasteiger partial charge is 0.416 e. The van der Waals surface area contributed by atoms with Crippen molar-refractivity contribution in [3.63, 3.8) is 0 Å². The first-order valence-corrected chi connectivity index (χ1v) is 10.9. The molecule has 5 rings (SSSR count). The Bertz CT molecular complexity index is 1380. The van der Waals surface area contributed by atoms with Gasteiger partial charge in [0.15, 0.2) is 0 Å². The summed E-state index contributed by atoms with van der Waals surface area (Å²) in [5, 5.41) is 2.63. The van der Waals surface area contributed by atoms with Crippen LogP contribution >= 0.6 is 0 Å². The highest BCUT2D eigenvalue weighted by atomic mass is 19.4. The van der Waals surface area contributed by atoms with Crippen LogP contribution in [0.25, 0.3) is 5.69 Å². The van der Waals surface area contributed by atoms with Gasteiger partial charge in [-0.3, -0.25) is 4.79 Å². The summed E-state index contributed by atoms with van der Waals surface area (Å²) in [7, 11) is 0. The van der Waals surface area contributed by atoms with Gasteiger partial charge in [-0.1, -0.05) is 6.07 Å².